The number of pyridine rings is 1. The van der Waals surface area contributed by atoms with Crippen molar-refractivity contribution in [3.8, 4) is 22.8 Å². The van der Waals surface area contributed by atoms with E-state index >= 15 is 0 Å². The molecule has 2 N–H and O–H groups in total. The Kier molecular flexibility index (Phi) is 6.98. The molecule has 2 aromatic carbocycles. The van der Waals surface area contributed by atoms with Gasteiger partial charge in [-0.1, -0.05) is 12.1 Å². The Bertz CT molecular complexity index is 1280. The number of aromatic nitrogens is 3. The van der Waals surface area contributed by atoms with E-state index in [-0.39, 0.29) is 11.9 Å². The lowest BCUT2D eigenvalue weighted by Gasteiger charge is -2.17. The number of hydrogen-bond donors (Lipinski definition) is 2. The van der Waals surface area contributed by atoms with Crippen molar-refractivity contribution < 1.29 is 14.3 Å². The van der Waals surface area contributed by atoms with E-state index in [1.54, 1.807) is 44.9 Å². The molecular formula is C26H25N5O3. The summed E-state index contributed by atoms with van der Waals surface area (Å²) in [6.45, 7) is 2.02. The Morgan fingerprint density at radius 2 is 1.76 bits per heavy atom. The second kappa shape index (κ2) is 10.4. The van der Waals surface area contributed by atoms with Gasteiger partial charge in [0.25, 0.3) is 5.91 Å². The van der Waals surface area contributed by atoms with Crippen LogP contribution in [0.4, 0.5) is 11.5 Å². The largest absolute Gasteiger partial charge is 0.493 e. The van der Waals surface area contributed by atoms with Crippen LogP contribution in [0, 0.1) is 0 Å². The van der Waals surface area contributed by atoms with Crippen molar-refractivity contribution in [1.82, 2.24) is 15.0 Å². The molecule has 2 heterocycles. The van der Waals surface area contributed by atoms with E-state index in [4.69, 9.17) is 14.5 Å². The van der Waals surface area contributed by atoms with Crippen LogP contribution in [0.5, 0.6) is 11.5 Å². The van der Waals surface area contributed by atoms with Crippen molar-refractivity contribution in [1.29, 1.82) is 0 Å². The molecular weight excluding hydrogens is 430 g/mol. The fourth-order valence-corrected chi connectivity index (χ4v) is 3.46. The third kappa shape index (κ3) is 5.29. The lowest BCUT2D eigenvalue weighted by atomic mass is 10.1. The van der Waals surface area contributed by atoms with Crippen LogP contribution in [-0.4, -0.2) is 35.1 Å². The maximum Gasteiger partial charge on any atom is 0.257 e. The summed E-state index contributed by atoms with van der Waals surface area (Å²) in [6.07, 6.45) is 6.54. The van der Waals surface area contributed by atoms with E-state index in [2.05, 4.69) is 20.6 Å². The summed E-state index contributed by atoms with van der Waals surface area (Å²) in [4.78, 5) is 25.5. The number of hydrogen-bond acceptors (Lipinski definition) is 7. The second-order valence-electron chi connectivity index (χ2n) is 7.55. The van der Waals surface area contributed by atoms with Crippen molar-refractivity contribution in [3.63, 3.8) is 0 Å². The average Bonchev–Trinajstić information content (AvgIpc) is 2.89. The molecule has 0 saturated carbocycles. The first-order chi connectivity index (χ1) is 16.6. The van der Waals surface area contributed by atoms with Gasteiger partial charge in [0.05, 0.1) is 43.9 Å². The van der Waals surface area contributed by atoms with Crippen molar-refractivity contribution in [2.45, 2.75) is 13.0 Å². The smallest absolute Gasteiger partial charge is 0.257 e. The molecule has 0 fully saturated rings. The number of nitrogens with zero attached hydrogens (tertiary/aromatic N) is 3. The van der Waals surface area contributed by atoms with Crippen LogP contribution in [0.2, 0.25) is 0 Å². The van der Waals surface area contributed by atoms with Gasteiger partial charge in [0.1, 0.15) is 5.82 Å². The van der Waals surface area contributed by atoms with Gasteiger partial charge in [0, 0.05) is 23.6 Å². The summed E-state index contributed by atoms with van der Waals surface area (Å²) in [5.41, 5.74) is 3.76. The zero-order valence-electron chi connectivity index (χ0n) is 19.1. The summed E-state index contributed by atoms with van der Waals surface area (Å²) in [6, 6.07) is 16.7. The van der Waals surface area contributed by atoms with Gasteiger partial charge in [-0.05, 0) is 55.0 Å². The molecule has 4 rings (SSSR count). The van der Waals surface area contributed by atoms with Gasteiger partial charge < -0.3 is 20.1 Å². The van der Waals surface area contributed by atoms with Crippen molar-refractivity contribution in [2.75, 3.05) is 24.9 Å². The molecule has 0 aliphatic rings. The normalized spacial score (nSPS) is 11.4. The Morgan fingerprint density at radius 3 is 2.53 bits per heavy atom. The van der Waals surface area contributed by atoms with Crippen LogP contribution in [-0.2, 0) is 0 Å². The fraction of sp³-hybridized carbons (Fsp3) is 0.154. The number of rotatable bonds is 8. The number of carbonyl (C=O) groups is 1. The fourth-order valence-electron chi connectivity index (χ4n) is 3.46. The molecule has 172 valence electrons. The molecule has 8 heteroatoms. The summed E-state index contributed by atoms with van der Waals surface area (Å²) < 4.78 is 10.7. The first kappa shape index (κ1) is 22.7. The van der Waals surface area contributed by atoms with Crippen LogP contribution in [0.1, 0.15) is 28.9 Å². The monoisotopic (exact) mass is 455 g/mol. The van der Waals surface area contributed by atoms with E-state index in [1.807, 2.05) is 49.4 Å². The van der Waals surface area contributed by atoms with E-state index in [9.17, 15) is 4.79 Å². The number of benzene rings is 2. The summed E-state index contributed by atoms with van der Waals surface area (Å²) in [7, 11) is 3.20. The maximum atomic E-state index is 12.4. The minimum atomic E-state index is -0.209. The van der Waals surface area contributed by atoms with Crippen LogP contribution < -0.4 is 20.1 Å². The minimum absolute atomic E-state index is 0.0785. The summed E-state index contributed by atoms with van der Waals surface area (Å²) >= 11 is 0. The van der Waals surface area contributed by atoms with Gasteiger partial charge in [-0.15, -0.1) is 0 Å². The molecule has 1 atom stereocenters. The second-order valence-corrected chi connectivity index (χ2v) is 7.55. The van der Waals surface area contributed by atoms with Crippen LogP contribution in [0.25, 0.3) is 11.3 Å². The Balaban J connectivity index is 1.49. The molecule has 4 aromatic rings. The molecule has 0 unspecified atom stereocenters. The van der Waals surface area contributed by atoms with Gasteiger partial charge in [0.2, 0.25) is 0 Å². The highest BCUT2D eigenvalue weighted by atomic mass is 16.5. The van der Waals surface area contributed by atoms with Gasteiger partial charge in [0.15, 0.2) is 11.5 Å². The zero-order chi connectivity index (χ0) is 23.9. The van der Waals surface area contributed by atoms with Crippen LogP contribution in [0.15, 0.2) is 79.4 Å². The molecule has 0 aliphatic carbocycles. The van der Waals surface area contributed by atoms with Crippen molar-refractivity contribution in [3.05, 3.63) is 90.5 Å². The molecule has 2 aromatic heterocycles. The minimum Gasteiger partial charge on any atom is -0.493 e. The summed E-state index contributed by atoms with van der Waals surface area (Å²) in [5.74, 6) is 1.69. The highest BCUT2D eigenvalue weighted by molar-refractivity contribution is 6.04. The first-order valence-corrected chi connectivity index (χ1v) is 10.7. The topological polar surface area (TPSA) is 98.3 Å². The zero-order valence-corrected chi connectivity index (χ0v) is 19.1. The van der Waals surface area contributed by atoms with Crippen LogP contribution in [0.3, 0.4) is 0 Å². The van der Waals surface area contributed by atoms with E-state index < -0.39 is 0 Å². The van der Waals surface area contributed by atoms with E-state index in [1.165, 1.54) is 6.20 Å². The number of nitrogens with one attached hydrogen (secondary N) is 2. The Labute approximate surface area is 198 Å². The predicted octanol–water partition coefficient (Wildman–Crippen LogP) is 4.98. The lowest BCUT2D eigenvalue weighted by Crippen LogP contribution is -2.13. The third-order valence-corrected chi connectivity index (χ3v) is 5.25. The number of methoxy groups -OCH3 is 2. The number of amides is 1. The lowest BCUT2D eigenvalue weighted by molar-refractivity contribution is 0.102. The van der Waals surface area contributed by atoms with E-state index in [0.717, 1.165) is 11.1 Å². The highest BCUT2D eigenvalue weighted by Gasteiger charge is 2.12. The molecule has 8 nitrogen and oxygen atoms in total. The van der Waals surface area contributed by atoms with Gasteiger partial charge in [-0.3, -0.25) is 14.8 Å². The molecule has 0 aliphatic heterocycles. The van der Waals surface area contributed by atoms with Gasteiger partial charge in [-0.2, -0.15) is 0 Å². The SMILES string of the molecule is COc1ccc(-c2cncc(N[C@@H](C)c3cccc(NC(=O)c4cccnc4)c3)n2)cc1OC. The highest BCUT2D eigenvalue weighted by Crippen LogP contribution is 2.32. The van der Waals surface area contributed by atoms with Gasteiger partial charge >= 0.3 is 0 Å². The molecule has 0 spiro atoms. The first-order valence-electron chi connectivity index (χ1n) is 10.7. The van der Waals surface area contributed by atoms with Crippen molar-refractivity contribution in [2.24, 2.45) is 0 Å². The third-order valence-electron chi connectivity index (χ3n) is 5.25. The van der Waals surface area contributed by atoms with Gasteiger partial charge in [-0.25, -0.2) is 4.98 Å². The quantitative estimate of drug-likeness (QED) is 0.387. The molecule has 34 heavy (non-hydrogen) atoms. The Morgan fingerprint density at radius 1 is 0.912 bits per heavy atom. The Hall–Kier alpha value is -4.46. The van der Waals surface area contributed by atoms with Crippen LogP contribution >= 0.6 is 0 Å². The van der Waals surface area contributed by atoms with Crippen molar-refractivity contribution >= 4 is 17.4 Å². The predicted molar refractivity (Wildman–Crippen MR) is 131 cm³/mol. The number of anilines is 2. The maximum absolute atomic E-state index is 12.4. The summed E-state index contributed by atoms with van der Waals surface area (Å²) in [5, 5.41) is 6.29. The average molecular weight is 456 g/mol. The molecule has 0 bridgehead atoms. The van der Waals surface area contributed by atoms with E-state index in [0.29, 0.717) is 34.3 Å². The molecule has 0 radical (unpaired) electrons. The standard InChI is InChI=1S/C26H25N5O3/c1-17(18-6-4-8-21(12-18)30-26(32)20-7-5-11-27-14-20)29-25-16-28-15-22(31-25)19-9-10-23(33-2)24(13-19)34-3/h4-17H,1-3H3,(H,29,31)(H,30,32)/t17-/m0/s1. The molecule has 1 amide bonds. The number of ether oxygens (including phenoxy) is 2. The number of carbonyl (C=O) groups excluding carboxylic acids is 1. The molecule has 0 saturated heterocycles.